The van der Waals surface area contributed by atoms with Crippen molar-refractivity contribution >= 4 is 0 Å². The Labute approximate surface area is 183 Å². The number of hydrogen-bond acceptors (Lipinski definition) is 2. The first-order valence-electron chi connectivity index (χ1n) is 10.9. The van der Waals surface area contributed by atoms with Crippen LogP contribution in [0.5, 0.6) is 11.5 Å². The summed E-state index contributed by atoms with van der Waals surface area (Å²) in [6, 6.07) is 34.1. The topological polar surface area (TPSA) is 18.5 Å². The summed E-state index contributed by atoms with van der Waals surface area (Å²) in [5, 5.41) is 0. The number of benzene rings is 4. The minimum absolute atomic E-state index is 0.0751. The van der Waals surface area contributed by atoms with Crippen molar-refractivity contribution in [3.63, 3.8) is 0 Å². The first-order valence-corrected chi connectivity index (χ1v) is 10.9. The average molecular weight is 405 g/mol. The van der Waals surface area contributed by atoms with E-state index >= 15 is 0 Å². The van der Waals surface area contributed by atoms with Gasteiger partial charge in [0.15, 0.2) is 5.60 Å². The molecule has 2 heterocycles. The Kier molecular flexibility index (Phi) is 4.14. The van der Waals surface area contributed by atoms with Crippen LogP contribution in [0.15, 0.2) is 97.1 Å². The van der Waals surface area contributed by atoms with E-state index < -0.39 is 5.60 Å². The van der Waals surface area contributed by atoms with E-state index in [-0.39, 0.29) is 6.10 Å². The van der Waals surface area contributed by atoms with Gasteiger partial charge in [-0.2, -0.15) is 0 Å². The zero-order valence-corrected chi connectivity index (χ0v) is 17.5. The molecular formula is C29H24O2. The molecule has 0 radical (unpaired) electrons. The summed E-state index contributed by atoms with van der Waals surface area (Å²) in [7, 11) is 0. The van der Waals surface area contributed by atoms with Crippen LogP contribution in [0.4, 0.5) is 0 Å². The smallest absolute Gasteiger partial charge is 0.163 e. The van der Waals surface area contributed by atoms with Crippen LogP contribution in [0, 0.1) is 6.92 Å². The Hall–Kier alpha value is -3.52. The van der Waals surface area contributed by atoms with Gasteiger partial charge in [0.1, 0.15) is 17.6 Å². The molecule has 2 aliphatic heterocycles. The molecule has 6 rings (SSSR count). The van der Waals surface area contributed by atoms with Crippen molar-refractivity contribution in [3.05, 3.63) is 130 Å². The minimum Gasteiger partial charge on any atom is -0.485 e. The molecule has 31 heavy (non-hydrogen) atoms. The third kappa shape index (κ3) is 3.02. The van der Waals surface area contributed by atoms with Crippen molar-refractivity contribution in [2.45, 2.75) is 31.5 Å². The van der Waals surface area contributed by atoms with Gasteiger partial charge in [0.05, 0.1) is 0 Å². The summed E-state index contributed by atoms with van der Waals surface area (Å²) < 4.78 is 13.2. The summed E-state index contributed by atoms with van der Waals surface area (Å²) in [5.41, 5.74) is 6.77. The van der Waals surface area contributed by atoms with Gasteiger partial charge in [-0.05, 0) is 24.6 Å². The van der Waals surface area contributed by atoms with Gasteiger partial charge in [0, 0.05) is 35.1 Å². The molecule has 0 aromatic heterocycles. The summed E-state index contributed by atoms with van der Waals surface area (Å²) in [6.07, 6.45) is 1.74. The number of rotatable bonds is 3. The maximum Gasteiger partial charge on any atom is 0.163 e. The molecule has 4 aromatic rings. The van der Waals surface area contributed by atoms with Crippen molar-refractivity contribution in [1.82, 2.24) is 0 Å². The van der Waals surface area contributed by atoms with Crippen LogP contribution in [0.3, 0.4) is 0 Å². The predicted octanol–water partition coefficient (Wildman–Crippen LogP) is 6.55. The molecule has 2 aliphatic rings. The van der Waals surface area contributed by atoms with Crippen LogP contribution in [0.1, 0.15) is 39.5 Å². The van der Waals surface area contributed by atoms with Gasteiger partial charge in [-0.15, -0.1) is 0 Å². The highest BCUT2D eigenvalue weighted by Gasteiger charge is 2.43. The number of hydrogen-bond donors (Lipinski definition) is 0. The Morgan fingerprint density at radius 2 is 1.32 bits per heavy atom. The standard InChI is InChI=1S/C29H24O2/c1-20-12-14-21(15-13-20)26-16-22-17-28-23(18-27(22)30-26)19-29(31-28,24-8-4-2-5-9-24)25-10-6-3-7-11-25/h2-15,17-18,26H,16,19H2,1H3/t26-/m0/s1. The molecule has 0 saturated heterocycles. The molecule has 1 atom stereocenters. The maximum atomic E-state index is 6.79. The highest BCUT2D eigenvalue weighted by molar-refractivity contribution is 5.55. The third-order valence-corrected chi connectivity index (χ3v) is 6.57. The zero-order chi connectivity index (χ0) is 20.8. The van der Waals surface area contributed by atoms with Crippen LogP contribution in [0.2, 0.25) is 0 Å². The molecule has 0 N–H and O–H groups in total. The van der Waals surface area contributed by atoms with Crippen LogP contribution in [0.25, 0.3) is 0 Å². The van der Waals surface area contributed by atoms with Gasteiger partial charge < -0.3 is 9.47 Å². The van der Waals surface area contributed by atoms with Crippen molar-refractivity contribution < 1.29 is 9.47 Å². The Morgan fingerprint density at radius 3 is 1.97 bits per heavy atom. The van der Waals surface area contributed by atoms with E-state index in [9.17, 15) is 0 Å². The van der Waals surface area contributed by atoms with Crippen molar-refractivity contribution in [2.24, 2.45) is 0 Å². The molecule has 0 amide bonds. The van der Waals surface area contributed by atoms with Gasteiger partial charge in [-0.1, -0.05) is 90.5 Å². The molecule has 4 aromatic carbocycles. The predicted molar refractivity (Wildman–Crippen MR) is 123 cm³/mol. The van der Waals surface area contributed by atoms with E-state index in [2.05, 4.69) is 104 Å². The number of fused-ring (bicyclic) bond motifs is 2. The molecule has 0 spiro atoms. The fourth-order valence-electron chi connectivity index (χ4n) is 4.90. The molecule has 152 valence electrons. The van der Waals surface area contributed by atoms with Gasteiger partial charge in [-0.25, -0.2) is 0 Å². The second-order valence-corrected chi connectivity index (χ2v) is 8.63. The first kappa shape index (κ1) is 18.3. The zero-order valence-electron chi connectivity index (χ0n) is 17.5. The fourth-order valence-corrected chi connectivity index (χ4v) is 4.90. The lowest BCUT2D eigenvalue weighted by Crippen LogP contribution is -2.32. The van der Waals surface area contributed by atoms with Crippen LogP contribution in [-0.2, 0) is 18.4 Å². The molecule has 2 nitrogen and oxygen atoms in total. The third-order valence-electron chi connectivity index (χ3n) is 6.57. The highest BCUT2D eigenvalue weighted by atomic mass is 16.5. The van der Waals surface area contributed by atoms with E-state index in [0.717, 1.165) is 24.3 Å². The monoisotopic (exact) mass is 404 g/mol. The summed E-state index contributed by atoms with van der Waals surface area (Å²) in [5.74, 6) is 1.96. The van der Waals surface area contributed by atoms with E-state index in [1.54, 1.807) is 0 Å². The summed E-state index contributed by atoms with van der Waals surface area (Å²) in [6.45, 7) is 2.11. The number of aryl methyl sites for hydroxylation is 1. The van der Waals surface area contributed by atoms with Crippen LogP contribution in [-0.4, -0.2) is 0 Å². The van der Waals surface area contributed by atoms with E-state index in [1.807, 2.05) is 0 Å². The van der Waals surface area contributed by atoms with E-state index in [4.69, 9.17) is 9.47 Å². The fraction of sp³-hybridized carbons (Fsp3) is 0.172. The Morgan fingerprint density at radius 1 is 0.710 bits per heavy atom. The molecule has 0 aliphatic carbocycles. The lowest BCUT2D eigenvalue weighted by atomic mass is 9.83. The first-order chi connectivity index (χ1) is 15.2. The second-order valence-electron chi connectivity index (χ2n) is 8.63. The van der Waals surface area contributed by atoms with Crippen molar-refractivity contribution in [2.75, 3.05) is 0 Å². The SMILES string of the molecule is Cc1ccc([C@@H]2Cc3cc4c(cc3O2)CC(c2ccccc2)(c2ccccc2)O4)cc1. The highest BCUT2D eigenvalue weighted by Crippen LogP contribution is 2.49. The average Bonchev–Trinajstić information content (AvgIpc) is 3.40. The molecular weight excluding hydrogens is 380 g/mol. The quantitative estimate of drug-likeness (QED) is 0.385. The number of ether oxygens (including phenoxy) is 2. The summed E-state index contributed by atoms with van der Waals surface area (Å²) >= 11 is 0. The van der Waals surface area contributed by atoms with Gasteiger partial charge in [-0.3, -0.25) is 0 Å². The molecule has 0 bridgehead atoms. The van der Waals surface area contributed by atoms with Crippen LogP contribution < -0.4 is 9.47 Å². The van der Waals surface area contributed by atoms with Crippen LogP contribution >= 0.6 is 0 Å². The maximum absolute atomic E-state index is 6.79. The molecule has 0 saturated carbocycles. The molecule has 0 unspecified atom stereocenters. The van der Waals surface area contributed by atoms with E-state index in [1.165, 1.54) is 33.4 Å². The Balaban J connectivity index is 1.36. The second kappa shape index (κ2) is 7.02. The largest absolute Gasteiger partial charge is 0.485 e. The van der Waals surface area contributed by atoms with Crippen molar-refractivity contribution in [3.8, 4) is 11.5 Å². The Bertz CT molecular complexity index is 1150. The normalized spacial score (nSPS) is 18.0. The lowest BCUT2D eigenvalue weighted by molar-refractivity contribution is 0.140. The molecule has 2 heteroatoms. The van der Waals surface area contributed by atoms with Gasteiger partial charge in [0.25, 0.3) is 0 Å². The molecule has 0 fully saturated rings. The van der Waals surface area contributed by atoms with Crippen molar-refractivity contribution in [1.29, 1.82) is 0 Å². The van der Waals surface area contributed by atoms with Gasteiger partial charge >= 0.3 is 0 Å². The lowest BCUT2D eigenvalue weighted by Gasteiger charge is -2.30. The van der Waals surface area contributed by atoms with E-state index in [0.29, 0.717) is 0 Å². The summed E-state index contributed by atoms with van der Waals surface area (Å²) in [4.78, 5) is 0. The van der Waals surface area contributed by atoms with Gasteiger partial charge in [0.2, 0.25) is 0 Å². The minimum atomic E-state index is -0.504.